The Morgan fingerprint density at radius 3 is 2.00 bits per heavy atom. The van der Waals surface area contributed by atoms with E-state index in [1.807, 2.05) is 0 Å². The normalized spacial score (nSPS) is 33.8. The van der Waals surface area contributed by atoms with Crippen molar-refractivity contribution in [3.8, 4) is 0 Å². The second-order valence-electron chi connectivity index (χ2n) is 4.90. The van der Waals surface area contributed by atoms with Gasteiger partial charge in [-0.3, -0.25) is 0 Å². The molecule has 15 heavy (non-hydrogen) atoms. The number of hydrogen-bond acceptors (Lipinski definition) is 1. The zero-order chi connectivity index (χ0) is 10.9. The van der Waals surface area contributed by atoms with Gasteiger partial charge in [-0.05, 0) is 32.1 Å². The zero-order valence-corrected chi connectivity index (χ0v) is 8.82. The molecule has 0 aromatic rings. The Balaban J connectivity index is 1.81. The van der Waals surface area contributed by atoms with E-state index in [1.165, 1.54) is 6.42 Å². The molecule has 1 N–H and O–H groups in total. The summed E-state index contributed by atoms with van der Waals surface area (Å²) in [7, 11) is 0. The van der Waals surface area contributed by atoms with Crippen LogP contribution in [0.25, 0.3) is 0 Å². The molecule has 88 valence electrons. The van der Waals surface area contributed by atoms with Crippen LogP contribution in [0.1, 0.15) is 44.9 Å². The lowest BCUT2D eigenvalue weighted by atomic mass is 9.83. The van der Waals surface area contributed by atoms with Gasteiger partial charge >= 0.3 is 6.18 Å². The van der Waals surface area contributed by atoms with E-state index in [0.29, 0.717) is 25.3 Å². The van der Waals surface area contributed by atoms with Gasteiger partial charge in [0.05, 0.1) is 5.92 Å². The standard InChI is InChI=1S/C11H18F3N/c12-11(13,14)8-3-1-6-10(7-8)15-9-4-2-5-9/h8-10,15H,1-7H2. The van der Waals surface area contributed by atoms with Crippen LogP contribution in [0.2, 0.25) is 0 Å². The molecular weight excluding hydrogens is 203 g/mol. The predicted octanol–water partition coefficient (Wildman–Crippen LogP) is 3.25. The third-order valence-electron chi connectivity index (χ3n) is 3.71. The van der Waals surface area contributed by atoms with Crippen molar-refractivity contribution in [1.82, 2.24) is 5.32 Å². The van der Waals surface area contributed by atoms with Crippen LogP contribution in [0.5, 0.6) is 0 Å². The van der Waals surface area contributed by atoms with E-state index in [2.05, 4.69) is 5.32 Å². The fraction of sp³-hybridized carbons (Fsp3) is 1.00. The molecule has 0 spiro atoms. The molecule has 1 nitrogen and oxygen atoms in total. The van der Waals surface area contributed by atoms with E-state index in [4.69, 9.17) is 0 Å². The number of hydrogen-bond donors (Lipinski definition) is 1. The third-order valence-corrected chi connectivity index (χ3v) is 3.71. The molecule has 4 heteroatoms. The molecule has 2 unspecified atom stereocenters. The van der Waals surface area contributed by atoms with Crippen LogP contribution in [0.15, 0.2) is 0 Å². The number of halogens is 3. The minimum Gasteiger partial charge on any atom is -0.311 e. The highest BCUT2D eigenvalue weighted by atomic mass is 19.4. The van der Waals surface area contributed by atoms with Crippen molar-refractivity contribution in [3.63, 3.8) is 0 Å². The number of alkyl halides is 3. The van der Waals surface area contributed by atoms with E-state index in [1.54, 1.807) is 0 Å². The summed E-state index contributed by atoms with van der Waals surface area (Å²) in [5.74, 6) is -1.07. The molecule has 2 atom stereocenters. The third kappa shape index (κ3) is 2.86. The van der Waals surface area contributed by atoms with Crippen LogP contribution in [-0.2, 0) is 0 Å². The van der Waals surface area contributed by atoms with Crippen molar-refractivity contribution in [2.75, 3.05) is 0 Å². The molecule has 0 saturated heterocycles. The number of rotatable bonds is 2. The van der Waals surface area contributed by atoms with Gasteiger partial charge in [-0.25, -0.2) is 0 Å². The minimum absolute atomic E-state index is 0.107. The molecular formula is C11H18F3N. The second-order valence-corrected chi connectivity index (χ2v) is 4.90. The molecule has 2 aliphatic carbocycles. The molecule has 0 bridgehead atoms. The molecule has 0 aromatic heterocycles. The monoisotopic (exact) mass is 221 g/mol. The van der Waals surface area contributed by atoms with E-state index < -0.39 is 12.1 Å². The Kier molecular flexibility index (Phi) is 3.24. The fourth-order valence-corrected chi connectivity index (χ4v) is 2.55. The van der Waals surface area contributed by atoms with Crippen LogP contribution < -0.4 is 5.32 Å². The molecule has 0 radical (unpaired) electrons. The zero-order valence-electron chi connectivity index (χ0n) is 8.82. The highest BCUT2D eigenvalue weighted by molar-refractivity contribution is 4.86. The average molecular weight is 221 g/mol. The summed E-state index contributed by atoms with van der Waals surface area (Å²) >= 11 is 0. The van der Waals surface area contributed by atoms with Crippen LogP contribution in [0.3, 0.4) is 0 Å². The Bertz CT molecular complexity index is 210. The molecule has 2 aliphatic rings. The summed E-state index contributed by atoms with van der Waals surface area (Å²) in [6.45, 7) is 0. The molecule has 0 amide bonds. The lowest BCUT2D eigenvalue weighted by molar-refractivity contribution is -0.184. The first kappa shape index (κ1) is 11.2. The maximum atomic E-state index is 12.5. The van der Waals surface area contributed by atoms with Crippen molar-refractivity contribution < 1.29 is 13.2 Å². The van der Waals surface area contributed by atoms with Crippen LogP contribution in [0.4, 0.5) is 13.2 Å². The topological polar surface area (TPSA) is 12.0 Å². The molecule has 0 aromatic carbocycles. The lowest BCUT2D eigenvalue weighted by Gasteiger charge is -2.36. The van der Waals surface area contributed by atoms with E-state index in [0.717, 1.165) is 19.3 Å². The maximum Gasteiger partial charge on any atom is 0.391 e. The summed E-state index contributed by atoms with van der Waals surface area (Å²) in [6, 6.07) is 0.609. The van der Waals surface area contributed by atoms with Crippen molar-refractivity contribution >= 4 is 0 Å². The van der Waals surface area contributed by atoms with Crippen molar-refractivity contribution in [2.45, 2.75) is 63.2 Å². The fourth-order valence-electron chi connectivity index (χ4n) is 2.55. The van der Waals surface area contributed by atoms with Gasteiger partial charge in [0.1, 0.15) is 0 Å². The molecule has 0 aliphatic heterocycles. The molecule has 2 rings (SSSR count). The lowest BCUT2D eigenvalue weighted by Crippen LogP contribution is -2.46. The summed E-state index contributed by atoms with van der Waals surface area (Å²) in [5.41, 5.74) is 0. The van der Waals surface area contributed by atoms with Gasteiger partial charge in [0.2, 0.25) is 0 Å². The van der Waals surface area contributed by atoms with Gasteiger partial charge in [-0.2, -0.15) is 13.2 Å². The van der Waals surface area contributed by atoms with Gasteiger partial charge in [-0.15, -0.1) is 0 Å². The van der Waals surface area contributed by atoms with Crippen LogP contribution in [0, 0.1) is 5.92 Å². The van der Waals surface area contributed by atoms with Crippen molar-refractivity contribution in [3.05, 3.63) is 0 Å². The highest BCUT2D eigenvalue weighted by Crippen LogP contribution is 2.38. The SMILES string of the molecule is FC(F)(F)C1CCCC(NC2CCC2)C1. The Morgan fingerprint density at radius 2 is 1.47 bits per heavy atom. The Morgan fingerprint density at radius 1 is 0.867 bits per heavy atom. The van der Waals surface area contributed by atoms with Gasteiger partial charge in [0.15, 0.2) is 0 Å². The van der Waals surface area contributed by atoms with Gasteiger partial charge in [0, 0.05) is 12.1 Å². The largest absolute Gasteiger partial charge is 0.391 e. The molecule has 2 saturated carbocycles. The first-order valence-electron chi connectivity index (χ1n) is 5.88. The second kappa shape index (κ2) is 4.32. The summed E-state index contributed by atoms with van der Waals surface area (Å²) in [6.07, 6.45) is 1.79. The number of nitrogens with one attached hydrogen (secondary N) is 1. The van der Waals surface area contributed by atoms with Crippen LogP contribution >= 0.6 is 0 Å². The van der Waals surface area contributed by atoms with E-state index in [9.17, 15) is 13.2 Å². The summed E-state index contributed by atoms with van der Waals surface area (Å²) < 4.78 is 37.6. The minimum atomic E-state index is -3.99. The van der Waals surface area contributed by atoms with E-state index in [-0.39, 0.29) is 6.04 Å². The summed E-state index contributed by atoms with van der Waals surface area (Å²) in [5, 5.41) is 3.36. The van der Waals surface area contributed by atoms with Gasteiger partial charge < -0.3 is 5.32 Å². The molecule has 2 fully saturated rings. The Hall–Kier alpha value is -0.250. The maximum absolute atomic E-state index is 12.5. The first-order chi connectivity index (χ1) is 7.05. The van der Waals surface area contributed by atoms with Crippen molar-refractivity contribution in [1.29, 1.82) is 0 Å². The first-order valence-corrected chi connectivity index (χ1v) is 5.88. The smallest absolute Gasteiger partial charge is 0.311 e. The predicted molar refractivity (Wildman–Crippen MR) is 52.6 cm³/mol. The summed E-state index contributed by atoms with van der Waals surface area (Å²) in [4.78, 5) is 0. The Labute approximate surface area is 88.4 Å². The quantitative estimate of drug-likeness (QED) is 0.754. The van der Waals surface area contributed by atoms with Crippen molar-refractivity contribution in [2.24, 2.45) is 5.92 Å². The van der Waals surface area contributed by atoms with Gasteiger partial charge in [-0.1, -0.05) is 12.8 Å². The molecule has 0 heterocycles. The highest BCUT2D eigenvalue weighted by Gasteiger charge is 2.42. The van der Waals surface area contributed by atoms with Crippen LogP contribution in [-0.4, -0.2) is 18.3 Å². The van der Waals surface area contributed by atoms with Gasteiger partial charge in [0.25, 0.3) is 0 Å². The van der Waals surface area contributed by atoms with E-state index >= 15 is 0 Å². The average Bonchev–Trinajstić information content (AvgIpc) is 2.11.